The van der Waals surface area contributed by atoms with Crippen LogP contribution in [0.25, 0.3) is 11.3 Å². The molecule has 0 radical (unpaired) electrons. The molecular weight excluding hydrogens is 316 g/mol. The number of nitrogens with one attached hydrogen (secondary N) is 3. The summed E-state index contributed by atoms with van der Waals surface area (Å²) < 4.78 is 0. The van der Waals surface area contributed by atoms with Crippen molar-refractivity contribution in [1.82, 2.24) is 15.0 Å². The number of nitrogens with zero attached hydrogens (tertiary/aromatic N) is 3. The van der Waals surface area contributed by atoms with Gasteiger partial charge in [0.05, 0.1) is 5.69 Å². The smallest absolute Gasteiger partial charge is 0.224 e. The van der Waals surface area contributed by atoms with Gasteiger partial charge in [0.1, 0.15) is 5.82 Å². The van der Waals surface area contributed by atoms with Crippen molar-refractivity contribution in [3.63, 3.8) is 0 Å². The van der Waals surface area contributed by atoms with Crippen LogP contribution >= 0.6 is 0 Å². The van der Waals surface area contributed by atoms with Crippen molar-refractivity contribution < 1.29 is 4.79 Å². The van der Waals surface area contributed by atoms with E-state index in [0.717, 1.165) is 22.6 Å². The largest absolute Gasteiger partial charge is 0.357 e. The molecule has 0 aliphatic carbocycles. The fourth-order valence-electron chi connectivity index (χ4n) is 2.27. The quantitative estimate of drug-likeness (QED) is 0.663. The van der Waals surface area contributed by atoms with Gasteiger partial charge in [-0.1, -0.05) is 0 Å². The number of carbonyl (C=O) groups excluding carboxylic acids is 1. The first-order valence-electron chi connectivity index (χ1n) is 7.76. The van der Waals surface area contributed by atoms with Gasteiger partial charge in [-0.25, -0.2) is 4.98 Å². The van der Waals surface area contributed by atoms with E-state index in [1.165, 1.54) is 6.92 Å². The van der Waals surface area contributed by atoms with Crippen molar-refractivity contribution in [1.29, 1.82) is 0 Å². The van der Waals surface area contributed by atoms with Gasteiger partial charge >= 0.3 is 0 Å². The van der Waals surface area contributed by atoms with E-state index in [1.807, 2.05) is 42.5 Å². The van der Waals surface area contributed by atoms with Crippen LogP contribution in [-0.4, -0.2) is 27.9 Å². The molecule has 1 amide bonds. The summed E-state index contributed by atoms with van der Waals surface area (Å²) in [5, 5.41) is 8.94. The highest BCUT2D eigenvalue weighted by Crippen LogP contribution is 2.23. The predicted molar refractivity (Wildman–Crippen MR) is 98.8 cm³/mol. The Balaban J connectivity index is 1.85. The first kappa shape index (κ1) is 16.4. The molecule has 1 aromatic carbocycles. The van der Waals surface area contributed by atoms with E-state index in [9.17, 15) is 4.79 Å². The molecule has 3 N–H and O–H groups in total. The van der Waals surface area contributed by atoms with Crippen LogP contribution in [0.2, 0.25) is 0 Å². The van der Waals surface area contributed by atoms with E-state index < -0.39 is 0 Å². The number of carbonyl (C=O) groups is 1. The van der Waals surface area contributed by atoms with Crippen molar-refractivity contribution in [2.45, 2.75) is 6.92 Å². The van der Waals surface area contributed by atoms with E-state index in [0.29, 0.717) is 11.8 Å². The molecule has 0 unspecified atom stereocenters. The molecule has 7 heteroatoms. The third-order valence-corrected chi connectivity index (χ3v) is 3.38. The second-order valence-corrected chi connectivity index (χ2v) is 5.34. The van der Waals surface area contributed by atoms with Gasteiger partial charge in [0.15, 0.2) is 0 Å². The normalized spacial score (nSPS) is 10.2. The molecule has 2 heterocycles. The van der Waals surface area contributed by atoms with Gasteiger partial charge in [-0.15, -0.1) is 0 Å². The number of rotatable bonds is 5. The molecular formula is C18H18N6O. The maximum Gasteiger partial charge on any atom is 0.224 e. The van der Waals surface area contributed by atoms with Crippen molar-refractivity contribution in [2.75, 3.05) is 23.0 Å². The maximum atomic E-state index is 11.1. The second-order valence-electron chi connectivity index (χ2n) is 5.34. The fraction of sp³-hybridized carbons (Fsp3) is 0.111. The summed E-state index contributed by atoms with van der Waals surface area (Å²) in [5.41, 5.74) is 3.27. The number of aromatic nitrogens is 3. The fourth-order valence-corrected chi connectivity index (χ4v) is 2.27. The van der Waals surface area contributed by atoms with Gasteiger partial charge in [0.2, 0.25) is 11.9 Å². The number of anilines is 4. The SMILES string of the molecule is CNc1nc(Nc2ccc(NC(C)=O)cc2)cc(-c2cccnc2)n1. The lowest BCUT2D eigenvalue weighted by Gasteiger charge is -2.10. The van der Waals surface area contributed by atoms with Crippen LogP contribution in [0.15, 0.2) is 54.9 Å². The molecule has 126 valence electrons. The van der Waals surface area contributed by atoms with Crippen LogP contribution in [0.3, 0.4) is 0 Å². The van der Waals surface area contributed by atoms with Crippen LogP contribution in [0.4, 0.5) is 23.1 Å². The lowest BCUT2D eigenvalue weighted by Crippen LogP contribution is -2.05. The molecule has 25 heavy (non-hydrogen) atoms. The van der Waals surface area contributed by atoms with E-state index in [-0.39, 0.29) is 5.91 Å². The van der Waals surface area contributed by atoms with Gasteiger partial charge in [0, 0.05) is 49.4 Å². The molecule has 0 aliphatic heterocycles. The van der Waals surface area contributed by atoms with Crippen molar-refractivity contribution in [3.8, 4) is 11.3 Å². The van der Waals surface area contributed by atoms with Crippen LogP contribution < -0.4 is 16.0 Å². The Morgan fingerprint density at radius 1 is 1.04 bits per heavy atom. The highest BCUT2D eigenvalue weighted by molar-refractivity contribution is 5.88. The van der Waals surface area contributed by atoms with Crippen LogP contribution in [0, 0.1) is 0 Å². The van der Waals surface area contributed by atoms with Gasteiger partial charge < -0.3 is 16.0 Å². The van der Waals surface area contributed by atoms with E-state index in [2.05, 4.69) is 30.9 Å². The molecule has 0 saturated heterocycles. The standard InChI is InChI=1S/C18H18N6O/c1-12(25)21-14-5-7-15(8-6-14)22-17-10-16(23-18(19-2)24-17)13-4-3-9-20-11-13/h3-11H,1-2H3,(H,21,25)(H2,19,22,23,24). The number of amides is 1. The molecule has 0 bridgehead atoms. The Kier molecular flexibility index (Phi) is 4.84. The third kappa shape index (κ3) is 4.29. The summed E-state index contributed by atoms with van der Waals surface area (Å²) >= 11 is 0. The molecule has 0 atom stereocenters. The topological polar surface area (TPSA) is 91.8 Å². The Hall–Kier alpha value is -3.48. The Bertz CT molecular complexity index is 864. The molecule has 0 spiro atoms. The molecule has 0 saturated carbocycles. The van der Waals surface area contributed by atoms with Gasteiger partial charge in [-0.05, 0) is 36.4 Å². The summed E-state index contributed by atoms with van der Waals surface area (Å²) in [4.78, 5) is 24.1. The van der Waals surface area contributed by atoms with Crippen molar-refractivity contribution in [3.05, 3.63) is 54.9 Å². The van der Waals surface area contributed by atoms with E-state index >= 15 is 0 Å². The summed E-state index contributed by atoms with van der Waals surface area (Å²) in [5.74, 6) is 1.07. The molecule has 0 fully saturated rings. The van der Waals surface area contributed by atoms with Crippen molar-refractivity contribution in [2.24, 2.45) is 0 Å². The zero-order valence-corrected chi connectivity index (χ0v) is 13.9. The lowest BCUT2D eigenvalue weighted by atomic mass is 10.2. The van der Waals surface area contributed by atoms with Crippen LogP contribution in [0.5, 0.6) is 0 Å². The number of pyridine rings is 1. The molecule has 3 rings (SSSR count). The van der Waals surface area contributed by atoms with Crippen molar-refractivity contribution >= 4 is 29.0 Å². The maximum absolute atomic E-state index is 11.1. The molecule has 0 aliphatic rings. The highest BCUT2D eigenvalue weighted by atomic mass is 16.1. The van der Waals surface area contributed by atoms with Gasteiger partial charge in [-0.2, -0.15) is 4.98 Å². The molecule has 2 aromatic heterocycles. The van der Waals surface area contributed by atoms with Gasteiger partial charge in [0.25, 0.3) is 0 Å². The lowest BCUT2D eigenvalue weighted by molar-refractivity contribution is -0.114. The van der Waals surface area contributed by atoms with Crippen LogP contribution in [0.1, 0.15) is 6.92 Å². The minimum Gasteiger partial charge on any atom is -0.357 e. The second kappa shape index (κ2) is 7.39. The number of hydrogen-bond donors (Lipinski definition) is 3. The van der Waals surface area contributed by atoms with E-state index in [4.69, 9.17) is 0 Å². The number of hydrogen-bond acceptors (Lipinski definition) is 6. The number of benzene rings is 1. The average molecular weight is 334 g/mol. The molecule has 7 nitrogen and oxygen atoms in total. The minimum absolute atomic E-state index is 0.101. The summed E-state index contributed by atoms with van der Waals surface area (Å²) in [6.45, 7) is 1.48. The first-order chi connectivity index (χ1) is 12.1. The predicted octanol–water partition coefficient (Wildman–Crippen LogP) is 3.28. The third-order valence-electron chi connectivity index (χ3n) is 3.38. The Morgan fingerprint density at radius 2 is 1.80 bits per heavy atom. The monoisotopic (exact) mass is 334 g/mol. The highest BCUT2D eigenvalue weighted by Gasteiger charge is 2.07. The summed E-state index contributed by atoms with van der Waals surface area (Å²) in [7, 11) is 1.77. The van der Waals surface area contributed by atoms with E-state index in [1.54, 1.807) is 19.4 Å². The average Bonchev–Trinajstić information content (AvgIpc) is 2.63. The first-order valence-corrected chi connectivity index (χ1v) is 7.76. The minimum atomic E-state index is -0.101. The summed E-state index contributed by atoms with van der Waals surface area (Å²) in [6, 6.07) is 13.1. The Morgan fingerprint density at radius 3 is 2.44 bits per heavy atom. The van der Waals surface area contributed by atoms with Gasteiger partial charge in [-0.3, -0.25) is 9.78 Å². The van der Waals surface area contributed by atoms with Crippen LogP contribution in [-0.2, 0) is 4.79 Å². The zero-order valence-electron chi connectivity index (χ0n) is 13.9. The Labute approximate surface area is 145 Å². The molecule has 3 aromatic rings. The zero-order chi connectivity index (χ0) is 17.6. The summed E-state index contributed by atoms with van der Waals surface area (Å²) in [6.07, 6.45) is 3.48.